The Bertz CT molecular complexity index is 390. The van der Waals surface area contributed by atoms with E-state index in [4.69, 9.17) is 4.74 Å². The average molecular weight is 257 g/mol. The Kier molecular flexibility index (Phi) is 5.71. The molecule has 0 aliphatic carbocycles. The van der Waals surface area contributed by atoms with Gasteiger partial charge in [-0.1, -0.05) is 6.92 Å². The van der Waals surface area contributed by atoms with Crippen LogP contribution in [0.15, 0.2) is 18.2 Å². The zero-order valence-corrected chi connectivity index (χ0v) is 10.5. The number of ether oxygens (including phenoxy) is 1. The Hall–Kier alpha value is -1.49. The van der Waals surface area contributed by atoms with Crippen molar-refractivity contribution in [2.45, 2.75) is 26.3 Å². The molecular weight excluding hydrogens is 240 g/mol. The van der Waals surface area contributed by atoms with Gasteiger partial charge in [-0.15, -0.1) is 0 Å². The van der Waals surface area contributed by atoms with Crippen LogP contribution in [0, 0.1) is 11.6 Å². The van der Waals surface area contributed by atoms with E-state index < -0.39 is 23.6 Å². The standard InChI is InChI=1S/C13H17F2NO2/c1-3-16-12(8-13(17)18-4-2)9-5-10(14)7-11(15)6-9/h5-7,12,16H,3-4,8H2,1-2H3. The van der Waals surface area contributed by atoms with Crippen LogP contribution in [0.25, 0.3) is 0 Å². The Morgan fingerprint density at radius 1 is 1.28 bits per heavy atom. The summed E-state index contributed by atoms with van der Waals surface area (Å²) < 4.78 is 31.1. The highest BCUT2D eigenvalue weighted by atomic mass is 19.1. The number of hydrogen-bond donors (Lipinski definition) is 1. The molecule has 0 heterocycles. The molecule has 0 amide bonds. The lowest BCUT2D eigenvalue weighted by Gasteiger charge is -2.17. The van der Waals surface area contributed by atoms with E-state index in [1.807, 2.05) is 6.92 Å². The third-order valence-electron chi connectivity index (χ3n) is 2.41. The molecule has 1 aromatic carbocycles. The molecular formula is C13H17F2NO2. The first kappa shape index (κ1) is 14.6. The largest absolute Gasteiger partial charge is 0.466 e. The molecule has 0 aromatic heterocycles. The summed E-state index contributed by atoms with van der Waals surface area (Å²) in [5.74, 6) is -1.71. The number of halogens is 2. The number of rotatable bonds is 6. The maximum Gasteiger partial charge on any atom is 0.307 e. The van der Waals surface area contributed by atoms with Crippen LogP contribution in [0.5, 0.6) is 0 Å². The highest BCUT2D eigenvalue weighted by Gasteiger charge is 2.17. The minimum Gasteiger partial charge on any atom is -0.466 e. The summed E-state index contributed by atoms with van der Waals surface area (Å²) in [6.07, 6.45) is 0.0462. The molecule has 1 rings (SSSR count). The maximum absolute atomic E-state index is 13.1. The van der Waals surface area contributed by atoms with Gasteiger partial charge >= 0.3 is 5.97 Å². The van der Waals surface area contributed by atoms with Gasteiger partial charge in [0.2, 0.25) is 0 Å². The van der Waals surface area contributed by atoms with E-state index in [1.165, 1.54) is 12.1 Å². The van der Waals surface area contributed by atoms with Gasteiger partial charge in [0, 0.05) is 12.1 Å². The first-order valence-corrected chi connectivity index (χ1v) is 5.91. The predicted molar refractivity (Wildman–Crippen MR) is 64.0 cm³/mol. The molecule has 0 aliphatic rings. The highest BCUT2D eigenvalue weighted by molar-refractivity contribution is 5.70. The summed E-state index contributed by atoms with van der Waals surface area (Å²) in [7, 11) is 0. The molecule has 0 radical (unpaired) electrons. The van der Waals surface area contributed by atoms with Crippen molar-refractivity contribution in [3.63, 3.8) is 0 Å². The van der Waals surface area contributed by atoms with Gasteiger partial charge in [0.15, 0.2) is 0 Å². The van der Waals surface area contributed by atoms with Gasteiger partial charge < -0.3 is 10.1 Å². The Balaban J connectivity index is 2.85. The highest BCUT2D eigenvalue weighted by Crippen LogP contribution is 2.20. The first-order chi connectivity index (χ1) is 8.56. The SMILES string of the molecule is CCNC(CC(=O)OCC)c1cc(F)cc(F)c1. The van der Waals surface area contributed by atoms with Crippen molar-refractivity contribution in [2.24, 2.45) is 0 Å². The third kappa shape index (κ3) is 4.41. The molecule has 0 fully saturated rings. The lowest BCUT2D eigenvalue weighted by Crippen LogP contribution is -2.24. The maximum atomic E-state index is 13.1. The predicted octanol–water partition coefficient (Wildman–Crippen LogP) is 2.57. The van der Waals surface area contributed by atoms with E-state index in [2.05, 4.69) is 5.32 Å². The second-order valence-corrected chi connectivity index (χ2v) is 3.82. The van der Waals surface area contributed by atoms with Gasteiger partial charge in [0.25, 0.3) is 0 Å². The van der Waals surface area contributed by atoms with E-state index in [9.17, 15) is 13.6 Å². The molecule has 0 saturated carbocycles. The molecule has 100 valence electrons. The van der Waals surface area contributed by atoms with Crippen LogP contribution >= 0.6 is 0 Å². The Labute approximate surface area is 105 Å². The van der Waals surface area contributed by atoms with E-state index in [1.54, 1.807) is 6.92 Å². The summed E-state index contributed by atoms with van der Waals surface area (Å²) in [6, 6.07) is 2.79. The van der Waals surface area contributed by atoms with Crippen molar-refractivity contribution in [3.05, 3.63) is 35.4 Å². The van der Waals surface area contributed by atoms with Crippen molar-refractivity contribution in [1.82, 2.24) is 5.32 Å². The molecule has 1 aromatic rings. The number of carbonyl (C=O) groups excluding carboxylic acids is 1. The smallest absolute Gasteiger partial charge is 0.307 e. The van der Waals surface area contributed by atoms with Crippen LogP contribution in [0.2, 0.25) is 0 Å². The summed E-state index contributed by atoms with van der Waals surface area (Å²) in [4.78, 5) is 11.4. The first-order valence-electron chi connectivity index (χ1n) is 5.91. The van der Waals surface area contributed by atoms with Gasteiger partial charge in [-0.05, 0) is 31.2 Å². The molecule has 5 heteroatoms. The van der Waals surface area contributed by atoms with Crippen molar-refractivity contribution >= 4 is 5.97 Å². The van der Waals surface area contributed by atoms with Crippen LogP contribution in [0.4, 0.5) is 8.78 Å². The summed E-state index contributed by atoms with van der Waals surface area (Å²) in [5, 5.41) is 3.01. The molecule has 1 N–H and O–H groups in total. The molecule has 3 nitrogen and oxygen atoms in total. The van der Waals surface area contributed by atoms with Gasteiger partial charge in [-0.3, -0.25) is 4.79 Å². The van der Waals surface area contributed by atoms with E-state index >= 15 is 0 Å². The van der Waals surface area contributed by atoms with Gasteiger partial charge in [-0.2, -0.15) is 0 Å². The van der Waals surface area contributed by atoms with Crippen LogP contribution in [-0.4, -0.2) is 19.1 Å². The fourth-order valence-corrected chi connectivity index (χ4v) is 1.72. The molecule has 0 spiro atoms. The Morgan fingerprint density at radius 2 is 1.89 bits per heavy atom. The molecule has 1 atom stereocenters. The summed E-state index contributed by atoms with van der Waals surface area (Å²) in [5.41, 5.74) is 0.405. The number of benzene rings is 1. The quantitative estimate of drug-likeness (QED) is 0.796. The van der Waals surface area contributed by atoms with Crippen molar-refractivity contribution in [1.29, 1.82) is 0 Å². The molecule has 1 unspecified atom stereocenters. The van der Waals surface area contributed by atoms with Crippen molar-refractivity contribution < 1.29 is 18.3 Å². The number of carbonyl (C=O) groups is 1. The fourth-order valence-electron chi connectivity index (χ4n) is 1.72. The lowest BCUT2D eigenvalue weighted by atomic mass is 10.0. The minimum absolute atomic E-state index is 0.0462. The van der Waals surface area contributed by atoms with Crippen LogP contribution < -0.4 is 5.32 Å². The fraction of sp³-hybridized carbons (Fsp3) is 0.462. The van der Waals surface area contributed by atoms with Gasteiger partial charge in [-0.25, -0.2) is 8.78 Å². The molecule has 0 bridgehead atoms. The number of hydrogen-bond acceptors (Lipinski definition) is 3. The van der Waals surface area contributed by atoms with Gasteiger partial charge in [0.05, 0.1) is 13.0 Å². The second kappa shape index (κ2) is 7.06. The Morgan fingerprint density at radius 3 is 2.39 bits per heavy atom. The van der Waals surface area contributed by atoms with Crippen LogP contribution in [0.1, 0.15) is 31.9 Å². The summed E-state index contributed by atoms with van der Waals surface area (Å²) in [6.45, 7) is 4.44. The third-order valence-corrected chi connectivity index (χ3v) is 2.41. The van der Waals surface area contributed by atoms with Crippen LogP contribution in [0.3, 0.4) is 0 Å². The number of esters is 1. The van der Waals surface area contributed by atoms with E-state index in [0.29, 0.717) is 12.1 Å². The topological polar surface area (TPSA) is 38.3 Å². The monoisotopic (exact) mass is 257 g/mol. The van der Waals surface area contributed by atoms with E-state index in [-0.39, 0.29) is 13.0 Å². The normalized spacial score (nSPS) is 12.2. The van der Waals surface area contributed by atoms with Gasteiger partial charge in [0.1, 0.15) is 11.6 Å². The van der Waals surface area contributed by atoms with Crippen LogP contribution in [-0.2, 0) is 9.53 Å². The average Bonchev–Trinajstić information content (AvgIpc) is 2.27. The lowest BCUT2D eigenvalue weighted by molar-refractivity contribution is -0.143. The zero-order valence-electron chi connectivity index (χ0n) is 10.5. The molecule has 0 aliphatic heterocycles. The zero-order chi connectivity index (χ0) is 13.5. The second-order valence-electron chi connectivity index (χ2n) is 3.82. The van der Waals surface area contributed by atoms with Crippen molar-refractivity contribution in [2.75, 3.05) is 13.2 Å². The van der Waals surface area contributed by atoms with E-state index in [0.717, 1.165) is 6.07 Å². The number of nitrogens with one attached hydrogen (secondary N) is 1. The minimum atomic E-state index is -0.656. The molecule has 18 heavy (non-hydrogen) atoms. The molecule has 0 saturated heterocycles. The van der Waals surface area contributed by atoms with Crippen molar-refractivity contribution in [3.8, 4) is 0 Å². The summed E-state index contributed by atoms with van der Waals surface area (Å²) >= 11 is 0.